The minimum absolute atomic E-state index is 0.133. The Labute approximate surface area is 108 Å². The number of carbonyl (C=O) groups is 2. The number of nitrogens with zero attached hydrogens (tertiary/aromatic N) is 1. The first-order valence-electron chi connectivity index (χ1n) is 5.97. The van der Waals surface area contributed by atoms with E-state index in [0.29, 0.717) is 13.0 Å². The molecule has 0 aliphatic carbocycles. The van der Waals surface area contributed by atoms with Gasteiger partial charge in [-0.15, -0.1) is 0 Å². The zero-order chi connectivity index (χ0) is 13.9. The van der Waals surface area contributed by atoms with Crippen molar-refractivity contribution in [1.82, 2.24) is 4.90 Å². The largest absolute Gasteiger partial charge is 0.444 e. The summed E-state index contributed by atoms with van der Waals surface area (Å²) in [5.74, 6) is -0.180. The van der Waals surface area contributed by atoms with Gasteiger partial charge in [0.25, 0.3) is 0 Å². The number of ketones is 1. The molecular formula is C13H21NO4. The van der Waals surface area contributed by atoms with Gasteiger partial charge in [0.1, 0.15) is 11.6 Å². The van der Waals surface area contributed by atoms with Crippen molar-refractivity contribution in [1.29, 1.82) is 0 Å². The summed E-state index contributed by atoms with van der Waals surface area (Å²) in [6, 6.07) is -0.526. The third-order valence-corrected chi connectivity index (χ3v) is 2.75. The van der Waals surface area contributed by atoms with E-state index in [1.807, 2.05) is 0 Å². The molecule has 0 spiro atoms. The van der Waals surface area contributed by atoms with Crippen LogP contribution in [0, 0.1) is 0 Å². The van der Waals surface area contributed by atoms with Gasteiger partial charge in [0, 0.05) is 13.5 Å². The molecule has 5 nitrogen and oxygen atoms in total. The van der Waals surface area contributed by atoms with Crippen molar-refractivity contribution in [2.75, 3.05) is 13.7 Å². The highest BCUT2D eigenvalue weighted by atomic mass is 16.6. The summed E-state index contributed by atoms with van der Waals surface area (Å²) < 4.78 is 10.5. The normalized spacial score (nSPS) is 23.9. The fraction of sp³-hybridized carbons (Fsp3) is 0.692. The maximum atomic E-state index is 12.0. The summed E-state index contributed by atoms with van der Waals surface area (Å²) in [5, 5.41) is 0. The predicted octanol–water partition coefficient (Wildman–Crippen LogP) is 1.77. The first-order chi connectivity index (χ1) is 8.28. The number of rotatable bonds is 3. The Kier molecular flexibility index (Phi) is 4.51. The second-order valence-electron chi connectivity index (χ2n) is 5.35. The van der Waals surface area contributed by atoms with Crippen LogP contribution in [0.2, 0.25) is 0 Å². The highest BCUT2D eigenvalue weighted by Crippen LogP contribution is 2.23. The van der Waals surface area contributed by atoms with E-state index in [-0.39, 0.29) is 11.9 Å². The molecule has 0 aromatic heterocycles. The lowest BCUT2D eigenvalue weighted by atomic mass is 10.1. The van der Waals surface area contributed by atoms with Crippen LogP contribution in [0.1, 0.15) is 27.2 Å². The second-order valence-corrected chi connectivity index (χ2v) is 5.35. The number of hydrogen-bond donors (Lipinski definition) is 0. The van der Waals surface area contributed by atoms with Gasteiger partial charge in [0.05, 0.1) is 12.6 Å². The van der Waals surface area contributed by atoms with Crippen LogP contribution in [-0.2, 0) is 14.3 Å². The van der Waals surface area contributed by atoms with Gasteiger partial charge in [0.15, 0.2) is 5.78 Å². The molecule has 1 amide bonds. The number of amides is 1. The summed E-state index contributed by atoms with van der Waals surface area (Å²) in [7, 11) is 1.57. The lowest BCUT2D eigenvalue weighted by molar-refractivity contribution is -0.118. The summed E-state index contributed by atoms with van der Waals surface area (Å²) in [6.07, 6.45) is 1.11. The van der Waals surface area contributed by atoms with Crippen molar-refractivity contribution in [3.8, 4) is 0 Å². The molecule has 1 rings (SSSR count). The van der Waals surface area contributed by atoms with E-state index in [1.165, 1.54) is 11.0 Å². The van der Waals surface area contributed by atoms with E-state index in [1.54, 1.807) is 27.9 Å². The second kappa shape index (κ2) is 5.52. The fourth-order valence-corrected chi connectivity index (χ4v) is 1.90. The summed E-state index contributed by atoms with van der Waals surface area (Å²) in [6.45, 7) is 9.20. The van der Waals surface area contributed by atoms with Crippen LogP contribution in [-0.4, -0.2) is 48.2 Å². The van der Waals surface area contributed by atoms with Crippen molar-refractivity contribution in [2.45, 2.75) is 44.9 Å². The minimum atomic E-state index is -0.579. The summed E-state index contributed by atoms with van der Waals surface area (Å²) >= 11 is 0. The Morgan fingerprint density at radius 1 is 1.39 bits per heavy atom. The minimum Gasteiger partial charge on any atom is -0.444 e. The molecule has 1 aliphatic heterocycles. The highest BCUT2D eigenvalue weighted by molar-refractivity contribution is 5.96. The van der Waals surface area contributed by atoms with Gasteiger partial charge in [-0.3, -0.25) is 9.69 Å². The molecule has 18 heavy (non-hydrogen) atoms. The van der Waals surface area contributed by atoms with Crippen LogP contribution in [0.25, 0.3) is 0 Å². The molecular weight excluding hydrogens is 234 g/mol. The topological polar surface area (TPSA) is 55.8 Å². The third-order valence-electron chi connectivity index (χ3n) is 2.75. The van der Waals surface area contributed by atoms with Gasteiger partial charge in [0.2, 0.25) is 0 Å². The van der Waals surface area contributed by atoms with Gasteiger partial charge in [-0.05, 0) is 26.8 Å². The van der Waals surface area contributed by atoms with E-state index < -0.39 is 17.7 Å². The summed E-state index contributed by atoms with van der Waals surface area (Å²) in [5.41, 5.74) is -0.579. The van der Waals surface area contributed by atoms with Gasteiger partial charge >= 0.3 is 6.09 Å². The predicted molar refractivity (Wildman–Crippen MR) is 67.3 cm³/mol. The molecule has 0 aromatic carbocycles. The van der Waals surface area contributed by atoms with Crippen LogP contribution in [0.3, 0.4) is 0 Å². The number of carbonyl (C=O) groups excluding carboxylic acids is 2. The van der Waals surface area contributed by atoms with E-state index >= 15 is 0 Å². The average molecular weight is 255 g/mol. The van der Waals surface area contributed by atoms with E-state index in [9.17, 15) is 9.59 Å². The molecule has 2 atom stereocenters. The van der Waals surface area contributed by atoms with Crippen molar-refractivity contribution in [2.24, 2.45) is 0 Å². The average Bonchev–Trinajstić information content (AvgIpc) is 2.69. The van der Waals surface area contributed by atoms with Crippen molar-refractivity contribution >= 4 is 11.9 Å². The lowest BCUT2D eigenvalue weighted by Crippen LogP contribution is -2.43. The molecule has 0 saturated carbocycles. The zero-order valence-corrected chi connectivity index (χ0v) is 11.4. The monoisotopic (exact) mass is 255 g/mol. The molecule has 0 radical (unpaired) electrons. The van der Waals surface area contributed by atoms with Crippen LogP contribution >= 0.6 is 0 Å². The molecule has 0 bridgehead atoms. The van der Waals surface area contributed by atoms with Crippen molar-refractivity contribution in [3.63, 3.8) is 0 Å². The van der Waals surface area contributed by atoms with Crippen molar-refractivity contribution < 1.29 is 19.1 Å². The van der Waals surface area contributed by atoms with Crippen LogP contribution in [0.5, 0.6) is 0 Å². The van der Waals surface area contributed by atoms with Crippen molar-refractivity contribution in [3.05, 3.63) is 12.7 Å². The Hall–Kier alpha value is -1.36. The standard InChI is InChI=1S/C13H21NO4/c1-6-11(15)10-7-9(17-5)8-14(10)12(16)18-13(2,3)4/h6,9-10H,1,7-8H2,2-5H3. The highest BCUT2D eigenvalue weighted by Gasteiger charge is 2.40. The number of hydrogen-bond acceptors (Lipinski definition) is 4. The number of ether oxygens (including phenoxy) is 2. The Bertz CT molecular complexity index is 345. The molecule has 1 heterocycles. The molecule has 102 valence electrons. The van der Waals surface area contributed by atoms with E-state index in [4.69, 9.17) is 9.47 Å². The molecule has 1 aliphatic rings. The van der Waals surface area contributed by atoms with Crippen LogP contribution < -0.4 is 0 Å². The molecule has 5 heteroatoms. The smallest absolute Gasteiger partial charge is 0.411 e. The maximum Gasteiger partial charge on any atom is 0.411 e. The van der Waals surface area contributed by atoms with Gasteiger partial charge in [-0.25, -0.2) is 4.79 Å². The first-order valence-corrected chi connectivity index (χ1v) is 5.97. The van der Waals surface area contributed by atoms with Crippen LogP contribution in [0.15, 0.2) is 12.7 Å². The van der Waals surface area contributed by atoms with Gasteiger partial charge in [-0.2, -0.15) is 0 Å². The molecule has 1 saturated heterocycles. The SMILES string of the molecule is C=CC(=O)C1CC(OC)CN1C(=O)OC(C)(C)C. The van der Waals surface area contributed by atoms with Gasteiger partial charge < -0.3 is 9.47 Å². The molecule has 0 aromatic rings. The third kappa shape index (κ3) is 3.57. The molecule has 2 unspecified atom stereocenters. The summed E-state index contributed by atoms with van der Waals surface area (Å²) in [4.78, 5) is 25.2. The maximum absolute atomic E-state index is 12.0. The first kappa shape index (κ1) is 14.7. The quantitative estimate of drug-likeness (QED) is 0.721. The van der Waals surface area contributed by atoms with E-state index in [2.05, 4.69) is 6.58 Å². The van der Waals surface area contributed by atoms with Gasteiger partial charge in [-0.1, -0.05) is 6.58 Å². The van der Waals surface area contributed by atoms with E-state index in [0.717, 1.165) is 0 Å². The molecule has 1 fully saturated rings. The Balaban J connectivity index is 2.80. The zero-order valence-electron chi connectivity index (χ0n) is 11.4. The molecule has 0 N–H and O–H groups in total. The fourth-order valence-electron chi connectivity index (χ4n) is 1.90. The van der Waals surface area contributed by atoms with Crippen LogP contribution in [0.4, 0.5) is 4.79 Å². The number of likely N-dealkylation sites (tertiary alicyclic amines) is 1. The Morgan fingerprint density at radius 3 is 2.44 bits per heavy atom. The Morgan fingerprint density at radius 2 is 2.00 bits per heavy atom. The lowest BCUT2D eigenvalue weighted by Gasteiger charge is -2.27. The number of methoxy groups -OCH3 is 1.